The van der Waals surface area contributed by atoms with Gasteiger partial charge in [0.1, 0.15) is 17.1 Å². The molecule has 5 heterocycles. The smallest absolute Gasteiger partial charge is 0.161 e. The number of nitrogens with zero attached hydrogens (tertiary/aromatic N) is 5. The Morgan fingerprint density at radius 1 is 0.902 bits per heavy atom. The van der Waals surface area contributed by atoms with Crippen molar-refractivity contribution in [2.24, 2.45) is 5.92 Å². The molecule has 1 aliphatic carbocycles. The van der Waals surface area contributed by atoms with E-state index in [0.717, 1.165) is 34.9 Å². The van der Waals surface area contributed by atoms with E-state index in [-0.39, 0.29) is 0 Å². The first kappa shape index (κ1) is 25.1. The number of fused-ring (bicyclic) bond motifs is 2. The third-order valence-electron chi connectivity index (χ3n) is 7.80. The van der Waals surface area contributed by atoms with Crippen LogP contribution in [-0.4, -0.2) is 48.8 Å². The lowest BCUT2D eigenvalue weighted by molar-refractivity contribution is 0.373. The fourth-order valence-corrected chi connectivity index (χ4v) is 5.65. The van der Waals surface area contributed by atoms with Gasteiger partial charge in [0.25, 0.3) is 0 Å². The van der Waals surface area contributed by atoms with Crippen LogP contribution in [0.15, 0.2) is 61.2 Å². The second-order valence-corrected chi connectivity index (χ2v) is 10.6. The van der Waals surface area contributed by atoms with E-state index in [1.54, 1.807) is 18.5 Å². The molecule has 1 aliphatic rings. The summed E-state index contributed by atoms with van der Waals surface area (Å²) in [7, 11) is 1.51. The van der Waals surface area contributed by atoms with Crippen molar-refractivity contribution >= 4 is 27.8 Å². The van der Waals surface area contributed by atoms with E-state index in [4.69, 9.17) is 14.7 Å². The zero-order chi connectivity index (χ0) is 27.8. The lowest BCUT2D eigenvalue weighted by Gasteiger charge is -2.22. The van der Waals surface area contributed by atoms with Gasteiger partial charge in [0.05, 0.1) is 41.2 Å². The quantitative estimate of drug-likeness (QED) is 0.202. The van der Waals surface area contributed by atoms with Gasteiger partial charge < -0.3 is 15.0 Å². The first-order valence-corrected chi connectivity index (χ1v) is 13.9. The fraction of sp³-hybridized carbons (Fsp3) is 0.258. The van der Waals surface area contributed by atoms with Crippen LogP contribution in [0.4, 0.5) is 10.1 Å². The molecule has 0 atom stereocenters. The van der Waals surface area contributed by atoms with Gasteiger partial charge in [-0.05, 0) is 54.7 Å². The van der Waals surface area contributed by atoms with Crippen LogP contribution in [0.5, 0.6) is 5.75 Å². The molecule has 0 spiro atoms. The van der Waals surface area contributed by atoms with Crippen LogP contribution in [0.25, 0.3) is 56.0 Å². The van der Waals surface area contributed by atoms with Crippen LogP contribution >= 0.6 is 0 Å². The van der Waals surface area contributed by atoms with Crippen LogP contribution in [-0.2, 0) is 0 Å². The van der Waals surface area contributed by atoms with Crippen LogP contribution < -0.4 is 10.1 Å². The number of hydrogen-bond acceptors (Lipinski definition) is 7. The van der Waals surface area contributed by atoms with Gasteiger partial charge >= 0.3 is 0 Å². The van der Waals surface area contributed by atoms with Crippen molar-refractivity contribution in [1.29, 1.82) is 0 Å². The molecule has 1 aromatic carbocycles. The molecule has 3 N–H and O–H groups in total. The summed E-state index contributed by atoms with van der Waals surface area (Å²) in [6.45, 7) is 0.967. The molecule has 206 valence electrons. The lowest BCUT2D eigenvalue weighted by atomic mass is 9.89. The van der Waals surface area contributed by atoms with Gasteiger partial charge in [-0.2, -0.15) is 5.10 Å². The number of methoxy groups -OCH3 is 1. The highest BCUT2D eigenvalue weighted by Crippen LogP contribution is 2.33. The molecule has 7 rings (SSSR count). The second kappa shape index (κ2) is 10.6. The zero-order valence-electron chi connectivity index (χ0n) is 22.6. The second-order valence-electron chi connectivity index (χ2n) is 10.6. The number of aromatic nitrogens is 7. The number of hydrogen-bond donors (Lipinski definition) is 3. The molecule has 9 nitrogen and oxygen atoms in total. The highest BCUT2D eigenvalue weighted by atomic mass is 19.1. The molecule has 0 aliphatic heterocycles. The van der Waals surface area contributed by atoms with Crippen molar-refractivity contribution in [3.63, 3.8) is 0 Å². The average molecular weight is 549 g/mol. The molecular weight excluding hydrogens is 519 g/mol. The summed E-state index contributed by atoms with van der Waals surface area (Å²) >= 11 is 0. The van der Waals surface area contributed by atoms with Gasteiger partial charge in [0.2, 0.25) is 0 Å². The van der Waals surface area contributed by atoms with Gasteiger partial charge in [-0.25, -0.2) is 14.4 Å². The monoisotopic (exact) mass is 548 g/mol. The zero-order valence-corrected chi connectivity index (χ0v) is 22.6. The Labute approximate surface area is 235 Å². The Morgan fingerprint density at radius 3 is 2.66 bits per heavy atom. The number of anilines is 1. The van der Waals surface area contributed by atoms with Gasteiger partial charge in [0.15, 0.2) is 11.5 Å². The molecule has 1 fully saturated rings. The summed E-state index contributed by atoms with van der Waals surface area (Å²) in [4.78, 5) is 21.9. The van der Waals surface area contributed by atoms with E-state index in [9.17, 15) is 4.39 Å². The molecule has 0 amide bonds. The summed E-state index contributed by atoms with van der Waals surface area (Å²) in [5.74, 6) is 1.28. The van der Waals surface area contributed by atoms with Gasteiger partial charge in [-0.3, -0.25) is 15.1 Å². The minimum atomic E-state index is -0.398. The predicted molar refractivity (Wildman–Crippen MR) is 157 cm³/mol. The van der Waals surface area contributed by atoms with E-state index in [1.165, 1.54) is 51.3 Å². The Morgan fingerprint density at radius 2 is 1.78 bits per heavy atom. The van der Waals surface area contributed by atoms with E-state index < -0.39 is 5.82 Å². The average Bonchev–Trinajstić information content (AvgIpc) is 3.64. The summed E-state index contributed by atoms with van der Waals surface area (Å²) < 4.78 is 19.5. The number of aromatic amines is 2. The minimum Gasteiger partial charge on any atom is -0.497 e. The first-order valence-electron chi connectivity index (χ1n) is 13.9. The third-order valence-corrected chi connectivity index (χ3v) is 7.80. The van der Waals surface area contributed by atoms with E-state index in [0.29, 0.717) is 44.9 Å². The Hall–Kier alpha value is -4.86. The van der Waals surface area contributed by atoms with Crippen molar-refractivity contribution in [2.45, 2.75) is 32.1 Å². The van der Waals surface area contributed by atoms with Gasteiger partial charge in [-0.1, -0.05) is 19.3 Å². The maximum Gasteiger partial charge on any atom is 0.161 e. The van der Waals surface area contributed by atoms with Crippen LogP contribution in [0.3, 0.4) is 0 Å². The number of imidazole rings is 1. The molecule has 0 saturated heterocycles. The molecule has 0 radical (unpaired) electrons. The van der Waals surface area contributed by atoms with Gasteiger partial charge in [0, 0.05) is 42.3 Å². The standard InChI is InChI=1S/C31H29FN8O/c1-41-23-11-19(9-21(32)12-23)24-16-34-17-27-28(24)38-31(37-27)30-29-26(39-40-30)8-7-25(36-29)20-10-22(15-33-14-20)35-13-18-5-3-2-4-6-18/h7-12,14-18,35H,2-6,13H2,1H3,(H,37,38)(H,39,40). The molecule has 1 saturated carbocycles. The normalized spacial score (nSPS) is 14.1. The lowest BCUT2D eigenvalue weighted by Crippen LogP contribution is -2.17. The van der Waals surface area contributed by atoms with Crippen molar-refractivity contribution in [2.75, 3.05) is 19.0 Å². The first-order chi connectivity index (χ1) is 20.1. The van der Waals surface area contributed by atoms with Crippen molar-refractivity contribution in [3.05, 3.63) is 67.0 Å². The molecule has 10 heteroatoms. The maximum atomic E-state index is 14.3. The van der Waals surface area contributed by atoms with Crippen LogP contribution in [0, 0.1) is 11.7 Å². The predicted octanol–water partition coefficient (Wildman–Crippen LogP) is 6.77. The van der Waals surface area contributed by atoms with Crippen molar-refractivity contribution in [3.8, 4) is 39.7 Å². The summed E-state index contributed by atoms with van der Waals surface area (Å²) in [6, 6.07) is 10.6. The summed E-state index contributed by atoms with van der Waals surface area (Å²) in [6.07, 6.45) is 13.6. The summed E-state index contributed by atoms with van der Waals surface area (Å²) in [5, 5.41) is 11.2. The molecule has 5 aromatic heterocycles. The number of H-pyrrole nitrogens is 2. The maximum absolute atomic E-state index is 14.3. The van der Waals surface area contributed by atoms with E-state index >= 15 is 0 Å². The minimum absolute atomic E-state index is 0.398. The Balaban J connectivity index is 1.22. The topological polar surface area (TPSA) is 117 Å². The van der Waals surface area contributed by atoms with E-state index in [1.807, 2.05) is 24.5 Å². The number of pyridine rings is 3. The van der Waals surface area contributed by atoms with Crippen molar-refractivity contribution in [1.82, 2.24) is 35.1 Å². The highest BCUT2D eigenvalue weighted by Gasteiger charge is 2.18. The largest absolute Gasteiger partial charge is 0.497 e. The number of benzene rings is 1. The SMILES string of the molecule is COc1cc(F)cc(-c2cncc3[nH]c(-c4n[nH]c5ccc(-c6cncc(NCC7CCCCC7)c6)nc45)nc23)c1. The number of halogens is 1. The van der Waals surface area contributed by atoms with E-state index in [2.05, 4.69) is 36.5 Å². The molecule has 0 unspecified atom stereocenters. The van der Waals surface area contributed by atoms with Crippen LogP contribution in [0.1, 0.15) is 32.1 Å². The van der Waals surface area contributed by atoms with Crippen molar-refractivity contribution < 1.29 is 9.13 Å². The Bertz CT molecular complexity index is 1860. The molecule has 0 bridgehead atoms. The molecule has 41 heavy (non-hydrogen) atoms. The fourth-order valence-electron chi connectivity index (χ4n) is 5.65. The highest BCUT2D eigenvalue weighted by molar-refractivity contribution is 5.96. The number of rotatable bonds is 7. The van der Waals surface area contributed by atoms with Crippen LogP contribution in [0.2, 0.25) is 0 Å². The third kappa shape index (κ3) is 4.97. The summed E-state index contributed by atoms with van der Waals surface area (Å²) in [5.41, 5.74) is 7.41. The number of nitrogens with one attached hydrogen (secondary N) is 3. The molecule has 6 aromatic rings. The molecular formula is C31H29FN8O. The number of ether oxygens (including phenoxy) is 1. The van der Waals surface area contributed by atoms with Gasteiger partial charge in [-0.15, -0.1) is 0 Å². The Kier molecular flexibility index (Phi) is 6.50.